The molecule has 1 aromatic carbocycles. The molecule has 20 heavy (non-hydrogen) atoms. The van der Waals surface area contributed by atoms with E-state index < -0.39 is 0 Å². The number of carbonyl (C=O) groups is 2. The maximum atomic E-state index is 12.1. The Kier molecular flexibility index (Phi) is 7.30. The highest BCUT2D eigenvalue weighted by Crippen LogP contribution is 2.17. The van der Waals surface area contributed by atoms with Crippen molar-refractivity contribution in [3.63, 3.8) is 0 Å². The van der Waals surface area contributed by atoms with Gasteiger partial charge in [0.05, 0.1) is 20.1 Å². The summed E-state index contributed by atoms with van der Waals surface area (Å²) in [5, 5.41) is 0.897. The average Bonchev–Trinajstić information content (AvgIpc) is 2.47. The SMILES string of the molecule is COC(=O)CC(C)C(=O)c1ccc(OCCCBr)cc1. The summed E-state index contributed by atoms with van der Waals surface area (Å²) in [5.74, 6) is -0.0891. The Balaban J connectivity index is 2.58. The maximum absolute atomic E-state index is 12.1. The number of hydrogen-bond donors (Lipinski definition) is 0. The molecule has 1 unspecified atom stereocenters. The molecule has 0 amide bonds. The second-order valence-electron chi connectivity index (χ2n) is 4.46. The number of alkyl halides is 1. The number of rotatable bonds is 8. The van der Waals surface area contributed by atoms with Crippen molar-refractivity contribution < 1.29 is 19.1 Å². The molecule has 0 aliphatic carbocycles. The van der Waals surface area contributed by atoms with Gasteiger partial charge in [0.1, 0.15) is 5.75 Å². The first kappa shape index (κ1) is 16.7. The average molecular weight is 343 g/mol. The number of halogens is 1. The number of methoxy groups -OCH3 is 1. The quantitative estimate of drug-likeness (QED) is 0.315. The van der Waals surface area contributed by atoms with Crippen molar-refractivity contribution in [3.8, 4) is 5.75 Å². The lowest BCUT2D eigenvalue weighted by Gasteiger charge is -2.10. The summed E-state index contributed by atoms with van der Waals surface area (Å²) in [7, 11) is 1.32. The van der Waals surface area contributed by atoms with Crippen LogP contribution in [0.5, 0.6) is 5.75 Å². The van der Waals surface area contributed by atoms with Gasteiger partial charge in [0.15, 0.2) is 5.78 Å². The van der Waals surface area contributed by atoms with Crippen molar-refractivity contribution in [2.75, 3.05) is 19.0 Å². The van der Waals surface area contributed by atoms with Gasteiger partial charge in [-0.3, -0.25) is 9.59 Å². The van der Waals surface area contributed by atoms with Gasteiger partial charge < -0.3 is 9.47 Å². The summed E-state index contributed by atoms with van der Waals surface area (Å²) in [4.78, 5) is 23.3. The third-order valence-electron chi connectivity index (χ3n) is 2.83. The Morgan fingerprint density at radius 3 is 2.45 bits per heavy atom. The van der Waals surface area contributed by atoms with E-state index in [4.69, 9.17) is 4.74 Å². The number of Topliss-reactive ketones (excluding diaryl/α,β-unsaturated/α-hetero) is 1. The fourth-order valence-corrected chi connectivity index (χ4v) is 1.90. The molecule has 4 nitrogen and oxygen atoms in total. The molecule has 0 radical (unpaired) electrons. The van der Waals surface area contributed by atoms with Crippen LogP contribution in [0.3, 0.4) is 0 Å². The Hall–Kier alpha value is -1.36. The van der Waals surface area contributed by atoms with Crippen LogP contribution in [0.4, 0.5) is 0 Å². The van der Waals surface area contributed by atoms with E-state index in [9.17, 15) is 9.59 Å². The van der Waals surface area contributed by atoms with Gasteiger partial charge in [0.2, 0.25) is 0 Å². The van der Waals surface area contributed by atoms with Crippen LogP contribution in [-0.2, 0) is 9.53 Å². The van der Waals surface area contributed by atoms with E-state index in [0.717, 1.165) is 17.5 Å². The highest BCUT2D eigenvalue weighted by Gasteiger charge is 2.18. The highest BCUT2D eigenvalue weighted by molar-refractivity contribution is 9.09. The standard InChI is InChI=1S/C15H19BrO4/c1-11(10-14(17)19-2)15(18)12-4-6-13(7-5-12)20-9-3-8-16/h4-7,11H,3,8-10H2,1-2H3. The lowest BCUT2D eigenvalue weighted by molar-refractivity contribution is -0.141. The summed E-state index contributed by atoms with van der Waals surface area (Å²) in [6.07, 6.45) is 1.02. The summed E-state index contributed by atoms with van der Waals surface area (Å²) >= 11 is 3.33. The predicted octanol–water partition coefficient (Wildman–Crippen LogP) is 3.23. The van der Waals surface area contributed by atoms with Gasteiger partial charge in [-0.25, -0.2) is 0 Å². The lowest BCUT2D eigenvalue weighted by Crippen LogP contribution is -2.16. The van der Waals surface area contributed by atoms with E-state index in [1.165, 1.54) is 7.11 Å². The zero-order valence-electron chi connectivity index (χ0n) is 11.7. The number of hydrogen-bond acceptors (Lipinski definition) is 4. The Labute approximate surface area is 127 Å². The molecule has 0 aliphatic heterocycles. The molecule has 0 aliphatic rings. The zero-order chi connectivity index (χ0) is 15.0. The van der Waals surface area contributed by atoms with Gasteiger partial charge in [-0.2, -0.15) is 0 Å². The topological polar surface area (TPSA) is 52.6 Å². The van der Waals surface area contributed by atoms with E-state index in [0.29, 0.717) is 12.2 Å². The molecule has 0 bridgehead atoms. The number of benzene rings is 1. The lowest BCUT2D eigenvalue weighted by atomic mass is 9.96. The molecular formula is C15H19BrO4. The second-order valence-corrected chi connectivity index (χ2v) is 5.25. The molecule has 1 rings (SSSR count). The molecule has 0 spiro atoms. The largest absolute Gasteiger partial charge is 0.494 e. The molecule has 0 N–H and O–H groups in total. The summed E-state index contributed by atoms with van der Waals surface area (Å²) in [5.41, 5.74) is 0.578. The minimum absolute atomic E-state index is 0.0672. The molecule has 0 aromatic heterocycles. The first-order chi connectivity index (χ1) is 9.58. The van der Waals surface area contributed by atoms with Crippen LogP contribution in [0.25, 0.3) is 0 Å². The monoisotopic (exact) mass is 342 g/mol. The van der Waals surface area contributed by atoms with Gasteiger partial charge in [-0.05, 0) is 30.7 Å². The van der Waals surface area contributed by atoms with Crippen LogP contribution in [0.2, 0.25) is 0 Å². The molecule has 1 aromatic rings. The smallest absolute Gasteiger partial charge is 0.306 e. The maximum Gasteiger partial charge on any atom is 0.306 e. The van der Waals surface area contributed by atoms with Gasteiger partial charge in [-0.1, -0.05) is 22.9 Å². The van der Waals surface area contributed by atoms with Crippen molar-refractivity contribution in [1.82, 2.24) is 0 Å². The van der Waals surface area contributed by atoms with Crippen molar-refractivity contribution in [2.45, 2.75) is 19.8 Å². The molecule has 0 fully saturated rings. The third-order valence-corrected chi connectivity index (χ3v) is 3.39. The van der Waals surface area contributed by atoms with Crippen LogP contribution < -0.4 is 4.74 Å². The number of esters is 1. The first-order valence-electron chi connectivity index (χ1n) is 6.48. The normalized spacial score (nSPS) is 11.8. The molecule has 110 valence electrons. The van der Waals surface area contributed by atoms with E-state index in [-0.39, 0.29) is 24.1 Å². The van der Waals surface area contributed by atoms with Crippen molar-refractivity contribution in [3.05, 3.63) is 29.8 Å². The summed E-state index contributed by atoms with van der Waals surface area (Å²) in [6, 6.07) is 6.98. The molecule has 5 heteroatoms. The summed E-state index contributed by atoms with van der Waals surface area (Å²) in [6.45, 7) is 2.36. The molecule has 1 atom stereocenters. The van der Waals surface area contributed by atoms with E-state index in [1.54, 1.807) is 31.2 Å². The second kappa shape index (κ2) is 8.74. The number of carbonyl (C=O) groups excluding carboxylic acids is 2. The highest BCUT2D eigenvalue weighted by atomic mass is 79.9. The van der Waals surface area contributed by atoms with E-state index in [2.05, 4.69) is 20.7 Å². The van der Waals surface area contributed by atoms with Crippen LogP contribution >= 0.6 is 15.9 Å². The van der Waals surface area contributed by atoms with Crippen molar-refractivity contribution >= 4 is 27.7 Å². The number of ketones is 1. The molecule has 0 heterocycles. The van der Waals surface area contributed by atoms with Crippen molar-refractivity contribution in [2.24, 2.45) is 5.92 Å². The zero-order valence-corrected chi connectivity index (χ0v) is 13.3. The molecule has 0 saturated carbocycles. The Bertz CT molecular complexity index is 442. The van der Waals surface area contributed by atoms with E-state index >= 15 is 0 Å². The van der Waals surface area contributed by atoms with E-state index in [1.807, 2.05) is 0 Å². The van der Waals surface area contributed by atoms with Gasteiger partial charge >= 0.3 is 5.97 Å². The van der Waals surface area contributed by atoms with Crippen LogP contribution in [0.15, 0.2) is 24.3 Å². The fourth-order valence-electron chi connectivity index (χ4n) is 1.67. The summed E-state index contributed by atoms with van der Waals surface area (Å²) < 4.78 is 10.1. The minimum atomic E-state index is -0.386. The first-order valence-corrected chi connectivity index (χ1v) is 7.60. The van der Waals surface area contributed by atoms with Gasteiger partial charge in [0.25, 0.3) is 0 Å². The third kappa shape index (κ3) is 5.33. The minimum Gasteiger partial charge on any atom is -0.494 e. The fraction of sp³-hybridized carbons (Fsp3) is 0.467. The Morgan fingerprint density at radius 2 is 1.90 bits per heavy atom. The van der Waals surface area contributed by atoms with Gasteiger partial charge in [-0.15, -0.1) is 0 Å². The van der Waals surface area contributed by atoms with Crippen LogP contribution in [0, 0.1) is 5.92 Å². The van der Waals surface area contributed by atoms with Gasteiger partial charge in [0, 0.05) is 16.8 Å². The predicted molar refractivity (Wildman–Crippen MR) is 80.5 cm³/mol. The molecular weight excluding hydrogens is 324 g/mol. The molecule has 0 saturated heterocycles. The Morgan fingerprint density at radius 1 is 1.25 bits per heavy atom. The van der Waals surface area contributed by atoms with Crippen LogP contribution in [0.1, 0.15) is 30.1 Å². The number of ether oxygens (including phenoxy) is 2. The van der Waals surface area contributed by atoms with Crippen molar-refractivity contribution in [1.29, 1.82) is 0 Å². The van der Waals surface area contributed by atoms with Crippen LogP contribution in [-0.4, -0.2) is 30.8 Å².